The molecule has 1 aliphatic rings. The number of hydrogen-bond donors (Lipinski definition) is 0. The van der Waals surface area contributed by atoms with Crippen molar-refractivity contribution >= 4 is 41.6 Å². The van der Waals surface area contributed by atoms with Gasteiger partial charge in [-0.3, -0.25) is 0 Å². The molecule has 0 bridgehead atoms. The van der Waals surface area contributed by atoms with E-state index in [1.165, 1.54) is 7.11 Å². The molecular weight excluding hydrogens is 368 g/mol. The minimum absolute atomic E-state index is 0.362. The van der Waals surface area contributed by atoms with E-state index in [4.69, 9.17) is 15.4 Å². The highest BCUT2D eigenvalue weighted by atomic mass is 79.9. The van der Waals surface area contributed by atoms with Crippen LogP contribution >= 0.6 is 26.6 Å². The molecule has 0 saturated carbocycles. The van der Waals surface area contributed by atoms with Crippen molar-refractivity contribution in [3.05, 3.63) is 10.1 Å². The van der Waals surface area contributed by atoms with Gasteiger partial charge in [0.2, 0.25) is 9.05 Å². The van der Waals surface area contributed by atoms with E-state index in [0.717, 1.165) is 38.5 Å². The second-order valence-electron chi connectivity index (χ2n) is 4.94. The zero-order valence-electron chi connectivity index (χ0n) is 11.5. The maximum Gasteiger partial charge on any atom is 0.334 e. The number of esters is 1. The summed E-state index contributed by atoms with van der Waals surface area (Å²) in [5, 5.41) is -0.864. The number of rotatable bonds is 2. The first-order chi connectivity index (χ1) is 9.38. The lowest BCUT2D eigenvalue weighted by molar-refractivity contribution is -0.136. The minimum Gasteiger partial charge on any atom is -0.466 e. The summed E-state index contributed by atoms with van der Waals surface area (Å²) in [5.74, 6) is -0.485. The van der Waals surface area contributed by atoms with Crippen LogP contribution in [0.3, 0.4) is 0 Å². The Morgan fingerprint density at radius 1 is 1.20 bits per heavy atom. The number of carbonyl (C=O) groups is 1. The third-order valence-electron chi connectivity index (χ3n) is 3.49. The van der Waals surface area contributed by atoms with Crippen molar-refractivity contribution in [1.29, 1.82) is 0 Å². The SMILES string of the molecule is COC(=O)/C1=C(\Br)[C@@H](S(=O)(=O)Cl)CCCCCCCC1. The molecule has 0 aliphatic heterocycles. The molecule has 0 amide bonds. The first-order valence-corrected chi connectivity index (χ1v) is 9.94. The molecule has 0 aromatic carbocycles. The van der Waals surface area contributed by atoms with Gasteiger partial charge in [0.05, 0.1) is 7.11 Å². The fraction of sp³-hybridized carbons (Fsp3) is 0.769. The number of halogens is 2. The Morgan fingerprint density at radius 2 is 1.75 bits per heavy atom. The standard InChI is InChI=1S/C13H20BrClO4S/c1-19-13(16)10-8-6-4-2-3-5-7-9-11(12(10)14)20(15,17)18/h11H,2-9H2,1H3/b12-10-/t11-/m0/s1. The van der Waals surface area contributed by atoms with E-state index in [1.807, 2.05) is 0 Å². The zero-order valence-corrected chi connectivity index (χ0v) is 14.7. The molecule has 0 radical (unpaired) electrons. The molecule has 7 heteroatoms. The maximum absolute atomic E-state index is 11.9. The van der Waals surface area contributed by atoms with Crippen molar-refractivity contribution in [1.82, 2.24) is 0 Å². The van der Waals surface area contributed by atoms with Crippen LogP contribution < -0.4 is 0 Å². The fourth-order valence-electron chi connectivity index (χ4n) is 2.37. The third kappa shape index (κ3) is 5.37. The van der Waals surface area contributed by atoms with Crippen molar-refractivity contribution in [2.45, 2.75) is 56.6 Å². The lowest BCUT2D eigenvalue weighted by Gasteiger charge is -2.16. The highest BCUT2D eigenvalue weighted by molar-refractivity contribution is 9.12. The first-order valence-electron chi connectivity index (χ1n) is 6.78. The topological polar surface area (TPSA) is 60.4 Å². The van der Waals surface area contributed by atoms with Crippen LogP contribution in [0.25, 0.3) is 0 Å². The molecule has 0 aromatic rings. The Hall–Kier alpha value is -0.0700. The zero-order chi connectivity index (χ0) is 15.2. The largest absolute Gasteiger partial charge is 0.466 e. The second-order valence-corrected chi connectivity index (χ2v) is 8.61. The van der Waals surface area contributed by atoms with E-state index < -0.39 is 20.3 Å². The predicted molar refractivity (Wildman–Crippen MR) is 83.5 cm³/mol. The van der Waals surface area contributed by atoms with Crippen LogP contribution in [0.5, 0.6) is 0 Å². The lowest BCUT2D eigenvalue weighted by Crippen LogP contribution is -2.20. The average molecular weight is 388 g/mol. The Bertz CT molecular complexity index is 473. The van der Waals surface area contributed by atoms with Crippen molar-refractivity contribution in [3.63, 3.8) is 0 Å². The smallest absolute Gasteiger partial charge is 0.334 e. The quantitative estimate of drug-likeness (QED) is 0.533. The van der Waals surface area contributed by atoms with Gasteiger partial charge in [-0.1, -0.05) is 48.0 Å². The van der Waals surface area contributed by atoms with Crippen LogP contribution in [-0.4, -0.2) is 26.7 Å². The molecule has 0 spiro atoms. The summed E-state index contributed by atoms with van der Waals surface area (Å²) >= 11 is 3.28. The molecule has 0 N–H and O–H groups in total. The number of hydrogen-bond acceptors (Lipinski definition) is 4. The summed E-state index contributed by atoms with van der Waals surface area (Å²) < 4.78 is 28.6. The summed E-state index contributed by atoms with van der Waals surface area (Å²) in [4.78, 5) is 11.9. The molecule has 0 fully saturated rings. The monoisotopic (exact) mass is 386 g/mol. The van der Waals surface area contributed by atoms with Gasteiger partial charge < -0.3 is 4.74 Å². The van der Waals surface area contributed by atoms with Gasteiger partial charge in [0.25, 0.3) is 0 Å². The van der Waals surface area contributed by atoms with Gasteiger partial charge in [-0.05, 0) is 19.3 Å². The predicted octanol–water partition coefficient (Wildman–Crippen LogP) is 3.88. The Kier molecular flexibility index (Phi) is 7.54. The van der Waals surface area contributed by atoms with Gasteiger partial charge in [-0.2, -0.15) is 0 Å². The van der Waals surface area contributed by atoms with Crippen LogP contribution in [0.1, 0.15) is 51.4 Å². The molecule has 0 saturated heterocycles. The minimum atomic E-state index is -3.77. The van der Waals surface area contributed by atoms with Crippen molar-refractivity contribution in [2.24, 2.45) is 0 Å². The molecule has 1 atom stereocenters. The summed E-state index contributed by atoms with van der Waals surface area (Å²) in [6.07, 6.45) is 6.75. The lowest BCUT2D eigenvalue weighted by atomic mass is 10.1. The van der Waals surface area contributed by atoms with Gasteiger partial charge in [0.1, 0.15) is 5.25 Å². The van der Waals surface area contributed by atoms with Gasteiger partial charge >= 0.3 is 5.97 Å². The van der Waals surface area contributed by atoms with E-state index >= 15 is 0 Å². The Balaban J connectivity index is 3.15. The summed E-state index contributed by atoms with van der Waals surface area (Å²) in [7, 11) is 3.06. The van der Waals surface area contributed by atoms with Gasteiger partial charge in [0, 0.05) is 20.7 Å². The normalized spacial score (nSPS) is 26.6. The molecule has 0 aromatic heterocycles. The van der Waals surface area contributed by atoms with Gasteiger partial charge in [-0.15, -0.1) is 0 Å². The van der Waals surface area contributed by atoms with Crippen LogP contribution in [0.2, 0.25) is 0 Å². The van der Waals surface area contributed by atoms with Crippen molar-refractivity contribution in [3.8, 4) is 0 Å². The molecule has 0 unspecified atom stereocenters. The molecule has 1 aliphatic carbocycles. The molecular formula is C13H20BrClO4S. The van der Waals surface area contributed by atoms with E-state index in [0.29, 0.717) is 22.9 Å². The Labute approximate surface area is 133 Å². The third-order valence-corrected chi connectivity index (χ3v) is 6.62. The Morgan fingerprint density at radius 3 is 2.30 bits per heavy atom. The van der Waals surface area contributed by atoms with Crippen molar-refractivity contribution in [2.75, 3.05) is 7.11 Å². The van der Waals surface area contributed by atoms with E-state index in [-0.39, 0.29) is 0 Å². The highest BCUT2D eigenvalue weighted by Gasteiger charge is 2.30. The van der Waals surface area contributed by atoms with Crippen LogP contribution in [0.4, 0.5) is 0 Å². The summed E-state index contributed by atoms with van der Waals surface area (Å²) in [6, 6.07) is 0. The molecule has 116 valence electrons. The van der Waals surface area contributed by atoms with Crippen LogP contribution in [0, 0.1) is 0 Å². The number of ether oxygens (including phenoxy) is 1. The van der Waals surface area contributed by atoms with Crippen molar-refractivity contribution < 1.29 is 17.9 Å². The average Bonchev–Trinajstić information content (AvgIpc) is 2.41. The fourth-order valence-corrected chi connectivity index (χ4v) is 5.39. The van der Waals surface area contributed by atoms with Gasteiger partial charge in [-0.25, -0.2) is 13.2 Å². The highest BCUT2D eigenvalue weighted by Crippen LogP contribution is 2.32. The molecule has 4 nitrogen and oxygen atoms in total. The number of carbonyl (C=O) groups excluding carboxylic acids is 1. The number of methoxy groups -OCH3 is 1. The van der Waals surface area contributed by atoms with E-state index in [9.17, 15) is 13.2 Å². The summed E-state index contributed by atoms with van der Waals surface area (Å²) in [5.41, 5.74) is 0.392. The maximum atomic E-state index is 11.9. The second kappa shape index (κ2) is 8.39. The van der Waals surface area contributed by atoms with Gasteiger partial charge in [0.15, 0.2) is 0 Å². The van der Waals surface area contributed by atoms with E-state index in [1.54, 1.807) is 0 Å². The molecule has 0 heterocycles. The van der Waals surface area contributed by atoms with Crippen LogP contribution in [-0.2, 0) is 18.6 Å². The van der Waals surface area contributed by atoms with E-state index in [2.05, 4.69) is 15.9 Å². The first kappa shape index (κ1) is 18.0. The summed E-state index contributed by atoms with van der Waals surface area (Å²) in [6.45, 7) is 0. The molecule has 20 heavy (non-hydrogen) atoms. The van der Waals surface area contributed by atoms with Crippen LogP contribution in [0.15, 0.2) is 10.1 Å². The molecule has 1 rings (SSSR count).